The molecule has 4 aromatic rings. The fourth-order valence-corrected chi connectivity index (χ4v) is 3.46. The van der Waals surface area contributed by atoms with E-state index >= 15 is 0 Å². The van der Waals surface area contributed by atoms with Crippen molar-refractivity contribution in [2.75, 3.05) is 18.5 Å². The average Bonchev–Trinajstić information content (AvgIpc) is 2.87. The molecule has 34 heavy (non-hydrogen) atoms. The van der Waals surface area contributed by atoms with Crippen LogP contribution in [0.15, 0.2) is 91.1 Å². The Kier molecular flexibility index (Phi) is 7.69. The highest BCUT2D eigenvalue weighted by atomic mass is 16.6. The summed E-state index contributed by atoms with van der Waals surface area (Å²) in [4.78, 5) is 28.4. The number of carbonyl (C=O) groups is 2. The van der Waals surface area contributed by atoms with E-state index in [-0.39, 0.29) is 19.8 Å². The van der Waals surface area contributed by atoms with Crippen LogP contribution in [0.4, 0.5) is 15.3 Å². The summed E-state index contributed by atoms with van der Waals surface area (Å²) >= 11 is 0. The van der Waals surface area contributed by atoms with Crippen LogP contribution in [0.5, 0.6) is 0 Å². The fourth-order valence-electron chi connectivity index (χ4n) is 3.46. The van der Waals surface area contributed by atoms with Gasteiger partial charge >= 0.3 is 12.2 Å². The molecule has 0 aliphatic rings. The van der Waals surface area contributed by atoms with Crippen molar-refractivity contribution in [1.82, 2.24) is 10.3 Å². The number of ether oxygens (including phenoxy) is 2. The smallest absolute Gasteiger partial charge is 0.411 e. The van der Waals surface area contributed by atoms with Crippen molar-refractivity contribution in [1.29, 1.82) is 0 Å². The maximum Gasteiger partial charge on any atom is 0.411 e. The number of carbonyl (C=O) groups excluding carboxylic acids is 2. The number of anilines is 1. The van der Waals surface area contributed by atoms with E-state index in [4.69, 9.17) is 9.47 Å². The van der Waals surface area contributed by atoms with Crippen LogP contribution in [-0.4, -0.2) is 30.3 Å². The molecule has 2 N–H and O–H groups in total. The van der Waals surface area contributed by atoms with E-state index in [1.165, 1.54) is 5.56 Å². The third-order valence-corrected chi connectivity index (χ3v) is 5.11. The summed E-state index contributed by atoms with van der Waals surface area (Å²) in [5.41, 5.74) is 4.60. The molecule has 7 heteroatoms. The van der Waals surface area contributed by atoms with Gasteiger partial charge in [0.25, 0.3) is 0 Å². The summed E-state index contributed by atoms with van der Waals surface area (Å²) in [6.45, 7) is 0.323. The first kappa shape index (κ1) is 22.8. The van der Waals surface area contributed by atoms with Crippen molar-refractivity contribution in [3.8, 4) is 0 Å². The fraction of sp³-hybridized carbons (Fsp3) is 0.148. The number of pyridine rings is 1. The molecule has 172 valence electrons. The van der Waals surface area contributed by atoms with Crippen LogP contribution >= 0.6 is 0 Å². The Morgan fingerprint density at radius 3 is 2.26 bits per heavy atom. The number of nitrogens with zero attached hydrogens (tertiary/aromatic N) is 1. The molecule has 0 atom stereocenters. The lowest BCUT2D eigenvalue weighted by Crippen LogP contribution is -2.29. The van der Waals surface area contributed by atoms with Gasteiger partial charge in [-0.05, 0) is 41.3 Å². The van der Waals surface area contributed by atoms with Gasteiger partial charge in [-0.25, -0.2) is 9.59 Å². The molecule has 4 rings (SSSR count). The molecule has 1 heterocycles. The van der Waals surface area contributed by atoms with Crippen LogP contribution in [0.3, 0.4) is 0 Å². The van der Waals surface area contributed by atoms with Crippen molar-refractivity contribution < 1.29 is 19.1 Å². The Labute approximate surface area is 197 Å². The van der Waals surface area contributed by atoms with Gasteiger partial charge in [0.1, 0.15) is 13.2 Å². The highest BCUT2D eigenvalue weighted by Crippen LogP contribution is 2.24. The summed E-state index contributed by atoms with van der Waals surface area (Å²) in [5.74, 6) is 0. The topological polar surface area (TPSA) is 89.5 Å². The molecule has 0 aliphatic carbocycles. The van der Waals surface area contributed by atoms with E-state index in [0.29, 0.717) is 5.69 Å². The Hall–Kier alpha value is -4.39. The zero-order valence-electron chi connectivity index (χ0n) is 18.6. The Morgan fingerprint density at radius 2 is 1.50 bits per heavy atom. The number of nitrogens with one attached hydrogen (secondary N) is 2. The third kappa shape index (κ3) is 6.56. The molecule has 0 radical (unpaired) electrons. The number of rotatable bonds is 8. The van der Waals surface area contributed by atoms with Crippen molar-refractivity contribution >= 4 is 28.8 Å². The van der Waals surface area contributed by atoms with Crippen LogP contribution in [0, 0.1) is 0 Å². The first-order valence-electron chi connectivity index (χ1n) is 11.0. The number of hydrogen-bond donors (Lipinski definition) is 2. The SMILES string of the molecule is O=C(NCCOC(=O)Nc1ccnc2ccc(Cc3ccccc3)cc12)OCc1ccccc1. The second-order valence-electron chi connectivity index (χ2n) is 7.62. The summed E-state index contributed by atoms with van der Waals surface area (Å²) in [7, 11) is 0. The third-order valence-electron chi connectivity index (χ3n) is 5.11. The van der Waals surface area contributed by atoms with Gasteiger partial charge in [0.05, 0.1) is 17.7 Å². The first-order chi connectivity index (χ1) is 16.7. The number of benzene rings is 3. The van der Waals surface area contributed by atoms with Crippen LogP contribution in [0.1, 0.15) is 16.7 Å². The second-order valence-corrected chi connectivity index (χ2v) is 7.62. The molecule has 0 fully saturated rings. The van der Waals surface area contributed by atoms with Gasteiger partial charge in [0, 0.05) is 11.6 Å². The molecule has 0 saturated heterocycles. The highest BCUT2D eigenvalue weighted by Gasteiger charge is 2.09. The minimum absolute atomic E-state index is 0.00848. The van der Waals surface area contributed by atoms with Crippen LogP contribution < -0.4 is 10.6 Å². The number of hydrogen-bond acceptors (Lipinski definition) is 5. The molecule has 0 aliphatic heterocycles. The predicted molar refractivity (Wildman–Crippen MR) is 131 cm³/mol. The summed E-state index contributed by atoms with van der Waals surface area (Å²) in [6, 6.07) is 27.3. The molecule has 3 aromatic carbocycles. The van der Waals surface area contributed by atoms with Gasteiger partial charge in [0.15, 0.2) is 0 Å². The van der Waals surface area contributed by atoms with Crippen molar-refractivity contribution in [3.05, 3.63) is 108 Å². The van der Waals surface area contributed by atoms with E-state index in [1.54, 1.807) is 12.3 Å². The normalized spacial score (nSPS) is 10.5. The van der Waals surface area contributed by atoms with Crippen molar-refractivity contribution in [2.45, 2.75) is 13.0 Å². The van der Waals surface area contributed by atoms with Gasteiger partial charge in [-0.3, -0.25) is 10.3 Å². The van der Waals surface area contributed by atoms with E-state index < -0.39 is 12.2 Å². The lowest BCUT2D eigenvalue weighted by molar-refractivity contribution is 0.132. The predicted octanol–water partition coefficient (Wildman–Crippen LogP) is 5.30. The lowest BCUT2D eigenvalue weighted by atomic mass is 10.0. The molecule has 7 nitrogen and oxygen atoms in total. The van der Waals surface area contributed by atoms with Gasteiger partial charge in [0.2, 0.25) is 0 Å². The van der Waals surface area contributed by atoms with E-state index in [2.05, 4.69) is 27.8 Å². The highest BCUT2D eigenvalue weighted by molar-refractivity contribution is 5.98. The quantitative estimate of drug-likeness (QED) is 0.352. The molecule has 0 spiro atoms. The zero-order valence-corrected chi connectivity index (χ0v) is 18.6. The van der Waals surface area contributed by atoms with Gasteiger partial charge in [-0.15, -0.1) is 0 Å². The molecule has 0 saturated carbocycles. The van der Waals surface area contributed by atoms with Crippen molar-refractivity contribution in [3.63, 3.8) is 0 Å². The summed E-state index contributed by atoms with van der Waals surface area (Å²) < 4.78 is 10.3. The molecule has 1 aromatic heterocycles. The molecule has 2 amide bonds. The van der Waals surface area contributed by atoms with Gasteiger partial charge in [-0.2, -0.15) is 0 Å². The number of amides is 2. The number of fused-ring (bicyclic) bond motifs is 1. The number of aromatic nitrogens is 1. The number of alkyl carbamates (subject to hydrolysis) is 1. The zero-order chi connectivity index (χ0) is 23.6. The average molecular weight is 456 g/mol. The lowest BCUT2D eigenvalue weighted by Gasteiger charge is -2.11. The molecular formula is C27H25N3O4. The molecule has 0 bridgehead atoms. The standard InChI is InChI=1S/C27H25N3O4/c31-26(34-19-21-9-5-2-6-10-21)29-15-16-33-27(32)30-25-13-14-28-24-12-11-22(18-23(24)25)17-20-7-3-1-4-8-20/h1-14,18H,15-17,19H2,(H,29,31)(H,28,30,32). The Morgan fingerprint density at radius 1 is 0.765 bits per heavy atom. The van der Waals surface area contributed by atoms with Crippen LogP contribution in [0.25, 0.3) is 10.9 Å². The maximum atomic E-state index is 12.3. The van der Waals surface area contributed by atoms with E-state index in [1.807, 2.05) is 66.7 Å². The maximum absolute atomic E-state index is 12.3. The minimum atomic E-state index is -0.611. The largest absolute Gasteiger partial charge is 0.447 e. The van der Waals surface area contributed by atoms with Gasteiger partial charge < -0.3 is 14.8 Å². The van der Waals surface area contributed by atoms with Crippen LogP contribution in [0.2, 0.25) is 0 Å². The Balaban J connectivity index is 1.26. The molecule has 0 unspecified atom stereocenters. The molecular weight excluding hydrogens is 430 g/mol. The Bertz CT molecular complexity index is 1250. The monoisotopic (exact) mass is 455 g/mol. The van der Waals surface area contributed by atoms with Gasteiger partial charge in [-0.1, -0.05) is 66.7 Å². The first-order valence-corrected chi connectivity index (χ1v) is 11.0. The van der Waals surface area contributed by atoms with E-state index in [9.17, 15) is 9.59 Å². The second kappa shape index (κ2) is 11.5. The van der Waals surface area contributed by atoms with Crippen LogP contribution in [-0.2, 0) is 22.5 Å². The summed E-state index contributed by atoms with van der Waals surface area (Å²) in [5, 5.41) is 6.15. The van der Waals surface area contributed by atoms with Crippen molar-refractivity contribution in [2.24, 2.45) is 0 Å². The minimum Gasteiger partial charge on any atom is -0.447 e. The summed E-state index contributed by atoms with van der Waals surface area (Å²) in [6.07, 6.45) is 1.24. The van der Waals surface area contributed by atoms with E-state index in [0.717, 1.165) is 28.5 Å².